The summed E-state index contributed by atoms with van der Waals surface area (Å²) in [6.07, 6.45) is -0.326. The summed E-state index contributed by atoms with van der Waals surface area (Å²) in [6, 6.07) is 12.8. The van der Waals surface area contributed by atoms with Crippen molar-refractivity contribution < 1.29 is 10.2 Å². The van der Waals surface area contributed by atoms with E-state index in [1.165, 1.54) is 6.07 Å². The molecule has 1 atom stereocenters. The maximum Gasteiger partial charge on any atom is 0.150 e. The second-order valence-electron chi connectivity index (χ2n) is 5.90. The summed E-state index contributed by atoms with van der Waals surface area (Å²) in [7, 11) is 0. The molecule has 0 saturated carbocycles. The van der Waals surface area contributed by atoms with Crippen molar-refractivity contribution in [3.8, 4) is 22.8 Å². The molecular formula is C18H17N3O2. The van der Waals surface area contributed by atoms with Gasteiger partial charge in [0.1, 0.15) is 11.5 Å². The summed E-state index contributed by atoms with van der Waals surface area (Å²) >= 11 is 0. The highest BCUT2D eigenvalue weighted by molar-refractivity contribution is 5.81. The Kier molecular flexibility index (Phi) is 2.84. The van der Waals surface area contributed by atoms with Crippen LogP contribution in [0.4, 0.5) is 5.69 Å². The molecule has 2 aromatic carbocycles. The van der Waals surface area contributed by atoms with Crippen molar-refractivity contribution in [2.75, 3.05) is 5.32 Å². The van der Waals surface area contributed by atoms with Crippen LogP contribution in [0.15, 0.2) is 42.5 Å². The van der Waals surface area contributed by atoms with E-state index in [0.29, 0.717) is 5.56 Å². The smallest absolute Gasteiger partial charge is 0.150 e. The molecule has 1 aliphatic heterocycles. The van der Waals surface area contributed by atoms with Crippen LogP contribution in [0.25, 0.3) is 11.3 Å². The van der Waals surface area contributed by atoms with Gasteiger partial charge in [-0.25, -0.2) is 4.68 Å². The number of para-hydroxylation sites is 1. The van der Waals surface area contributed by atoms with Gasteiger partial charge in [-0.05, 0) is 37.6 Å². The van der Waals surface area contributed by atoms with Gasteiger partial charge >= 0.3 is 0 Å². The molecule has 1 aliphatic rings. The zero-order valence-corrected chi connectivity index (χ0v) is 12.9. The number of aromatic hydroxyl groups is 2. The van der Waals surface area contributed by atoms with Gasteiger partial charge in [-0.3, -0.25) is 0 Å². The van der Waals surface area contributed by atoms with Crippen molar-refractivity contribution >= 4 is 5.69 Å². The number of hydrogen-bond donors (Lipinski definition) is 3. The van der Waals surface area contributed by atoms with Gasteiger partial charge in [-0.15, -0.1) is 0 Å². The van der Waals surface area contributed by atoms with Crippen molar-refractivity contribution in [3.05, 3.63) is 59.3 Å². The molecule has 116 valence electrons. The molecule has 0 spiro atoms. The number of phenolic OH excluding ortho intramolecular Hbond substituents is 2. The first-order valence-corrected chi connectivity index (χ1v) is 7.49. The number of anilines is 1. The Hall–Kier alpha value is -2.95. The predicted octanol–water partition coefficient (Wildman–Crippen LogP) is 3.55. The van der Waals surface area contributed by atoms with Crippen LogP contribution in [-0.4, -0.2) is 20.0 Å². The number of rotatable bonds is 1. The second kappa shape index (κ2) is 4.78. The quantitative estimate of drug-likeness (QED) is 0.643. The lowest BCUT2D eigenvalue weighted by Gasteiger charge is -2.30. The topological polar surface area (TPSA) is 70.3 Å². The fraction of sp³-hybridized carbons (Fsp3) is 0.167. The number of aryl methyl sites for hydroxylation is 2. The van der Waals surface area contributed by atoms with Crippen LogP contribution >= 0.6 is 0 Å². The average Bonchev–Trinajstić information content (AvgIpc) is 2.89. The molecule has 3 aromatic rings. The van der Waals surface area contributed by atoms with Crippen molar-refractivity contribution in [2.45, 2.75) is 20.0 Å². The van der Waals surface area contributed by atoms with E-state index in [9.17, 15) is 10.2 Å². The van der Waals surface area contributed by atoms with Crippen molar-refractivity contribution in [1.82, 2.24) is 9.78 Å². The first kappa shape index (κ1) is 13.7. The molecule has 0 saturated heterocycles. The van der Waals surface area contributed by atoms with E-state index in [2.05, 4.69) is 29.5 Å². The van der Waals surface area contributed by atoms with E-state index in [4.69, 9.17) is 0 Å². The SMILES string of the molecule is Cc1cc2n(n1)[C@@H](c1ccc(O)cc1O)Nc1c(C)cccc1-2. The predicted molar refractivity (Wildman–Crippen MR) is 88.7 cm³/mol. The largest absolute Gasteiger partial charge is 0.508 e. The molecule has 5 heteroatoms. The number of nitrogens with zero attached hydrogens (tertiary/aromatic N) is 2. The van der Waals surface area contributed by atoms with Crippen molar-refractivity contribution in [3.63, 3.8) is 0 Å². The zero-order valence-electron chi connectivity index (χ0n) is 12.9. The molecule has 5 nitrogen and oxygen atoms in total. The number of nitrogens with one attached hydrogen (secondary N) is 1. The average molecular weight is 307 g/mol. The van der Waals surface area contributed by atoms with Gasteiger partial charge in [-0.1, -0.05) is 18.2 Å². The molecule has 1 aromatic heterocycles. The first-order valence-electron chi connectivity index (χ1n) is 7.49. The van der Waals surface area contributed by atoms with E-state index >= 15 is 0 Å². The van der Waals surface area contributed by atoms with Crippen LogP contribution in [0.3, 0.4) is 0 Å². The van der Waals surface area contributed by atoms with Crippen LogP contribution in [0.2, 0.25) is 0 Å². The summed E-state index contributed by atoms with van der Waals surface area (Å²) < 4.78 is 1.88. The van der Waals surface area contributed by atoms with Crippen molar-refractivity contribution in [1.29, 1.82) is 0 Å². The normalized spacial score (nSPS) is 15.7. The van der Waals surface area contributed by atoms with Gasteiger partial charge in [0.25, 0.3) is 0 Å². The van der Waals surface area contributed by atoms with E-state index in [1.807, 2.05) is 23.7 Å². The minimum absolute atomic E-state index is 0.0375. The second-order valence-corrected chi connectivity index (χ2v) is 5.90. The minimum Gasteiger partial charge on any atom is -0.508 e. The number of fused-ring (bicyclic) bond motifs is 3. The van der Waals surface area contributed by atoms with Crippen LogP contribution in [0.1, 0.15) is 23.0 Å². The maximum atomic E-state index is 10.3. The first-order chi connectivity index (χ1) is 11.0. The van der Waals surface area contributed by atoms with E-state index in [0.717, 1.165) is 28.2 Å². The Morgan fingerprint density at radius 1 is 1.09 bits per heavy atom. The lowest BCUT2D eigenvalue weighted by Crippen LogP contribution is -2.26. The third-order valence-corrected chi connectivity index (χ3v) is 4.24. The van der Waals surface area contributed by atoms with Crippen LogP contribution in [0, 0.1) is 13.8 Å². The molecule has 4 rings (SSSR count). The number of aromatic nitrogens is 2. The minimum atomic E-state index is -0.326. The van der Waals surface area contributed by atoms with Crippen LogP contribution < -0.4 is 5.32 Å². The molecule has 0 amide bonds. The zero-order chi connectivity index (χ0) is 16.1. The summed E-state index contributed by atoms with van der Waals surface area (Å²) in [5.74, 6) is 0.0779. The summed E-state index contributed by atoms with van der Waals surface area (Å²) in [5, 5.41) is 27.8. The van der Waals surface area contributed by atoms with Gasteiger partial charge in [0.2, 0.25) is 0 Å². The number of hydrogen-bond acceptors (Lipinski definition) is 4. The number of phenols is 2. The fourth-order valence-electron chi connectivity index (χ4n) is 3.16. The van der Waals surface area contributed by atoms with Crippen LogP contribution in [-0.2, 0) is 0 Å². The highest BCUT2D eigenvalue weighted by Gasteiger charge is 2.28. The van der Waals surface area contributed by atoms with Gasteiger partial charge in [0.05, 0.1) is 11.4 Å². The molecule has 0 fully saturated rings. The lowest BCUT2D eigenvalue weighted by molar-refractivity contribution is 0.436. The van der Waals surface area contributed by atoms with Crippen molar-refractivity contribution in [2.24, 2.45) is 0 Å². The summed E-state index contributed by atoms with van der Waals surface area (Å²) in [6.45, 7) is 4.01. The summed E-state index contributed by atoms with van der Waals surface area (Å²) in [5.41, 5.74) is 5.87. The standard InChI is InChI=1S/C18H17N3O2/c1-10-4-3-5-13-15-8-11(2)20-21(15)18(19-17(10)13)14-7-6-12(22)9-16(14)23/h3-9,18-19,22-23H,1-2H3/t18-/m0/s1. The van der Waals surface area contributed by atoms with E-state index in [1.54, 1.807) is 12.1 Å². The Bertz CT molecular complexity index is 915. The van der Waals surface area contributed by atoms with Crippen LogP contribution in [0.5, 0.6) is 11.5 Å². The molecule has 2 heterocycles. The molecule has 0 radical (unpaired) electrons. The fourth-order valence-corrected chi connectivity index (χ4v) is 3.16. The molecule has 0 unspecified atom stereocenters. The number of benzene rings is 2. The van der Waals surface area contributed by atoms with E-state index in [-0.39, 0.29) is 17.7 Å². The Balaban J connectivity index is 1.95. The Labute approximate surface area is 133 Å². The van der Waals surface area contributed by atoms with Gasteiger partial charge < -0.3 is 15.5 Å². The summed E-state index contributed by atoms with van der Waals surface area (Å²) in [4.78, 5) is 0. The highest BCUT2D eigenvalue weighted by atomic mass is 16.3. The third-order valence-electron chi connectivity index (χ3n) is 4.24. The third kappa shape index (κ3) is 2.04. The molecule has 0 bridgehead atoms. The molecule has 23 heavy (non-hydrogen) atoms. The van der Waals surface area contributed by atoms with Gasteiger partial charge in [0, 0.05) is 22.9 Å². The monoisotopic (exact) mass is 307 g/mol. The molecule has 3 N–H and O–H groups in total. The highest BCUT2D eigenvalue weighted by Crippen LogP contribution is 2.42. The Morgan fingerprint density at radius 3 is 2.70 bits per heavy atom. The van der Waals surface area contributed by atoms with E-state index < -0.39 is 0 Å². The molecule has 0 aliphatic carbocycles. The molecular weight excluding hydrogens is 290 g/mol. The van der Waals surface area contributed by atoms with Gasteiger partial charge in [-0.2, -0.15) is 5.10 Å². The maximum absolute atomic E-state index is 10.3. The Morgan fingerprint density at radius 2 is 1.91 bits per heavy atom. The van der Waals surface area contributed by atoms with Gasteiger partial charge in [0.15, 0.2) is 6.17 Å². The lowest BCUT2D eigenvalue weighted by atomic mass is 10.0.